The van der Waals surface area contributed by atoms with Crippen LogP contribution in [0.25, 0.3) is 0 Å². The molecule has 2 rings (SSSR count). The molecule has 6 heteroatoms. The van der Waals surface area contributed by atoms with Crippen LogP contribution in [0.3, 0.4) is 0 Å². The highest BCUT2D eigenvalue weighted by Gasteiger charge is 2.18. The molecule has 0 aliphatic heterocycles. The molecule has 0 fully saturated rings. The van der Waals surface area contributed by atoms with Gasteiger partial charge in [-0.15, -0.1) is 0 Å². The lowest BCUT2D eigenvalue weighted by Gasteiger charge is -2.22. The van der Waals surface area contributed by atoms with E-state index in [-0.39, 0.29) is 0 Å². The first-order valence-corrected chi connectivity index (χ1v) is 7.15. The van der Waals surface area contributed by atoms with Gasteiger partial charge in [0.15, 0.2) is 0 Å². The van der Waals surface area contributed by atoms with Crippen LogP contribution in [-0.2, 0) is 4.74 Å². The summed E-state index contributed by atoms with van der Waals surface area (Å²) in [7, 11) is 3.45. The van der Waals surface area contributed by atoms with E-state index in [9.17, 15) is 4.79 Å². The molecule has 0 unspecified atom stereocenters. The van der Waals surface area contributed by atoms with Crippen LogP contribution < -0.4 is 9.64 Å². The molecule has 0 radical (unpaired) electrons. The summed E-state index contributed by atoms with van der Waals surface area (Å²) in [6.07, 6.45) is 1.43. The molecule has 1 aromatic heterocycles. The molecule has 0 saturated carbocycles. The van der Waals surface area contributed by atoms with Gasteiger partial charge in [0, 0.05) is 25.0 Å². The third-order valence-electron chi connectivity index (χ3n) is 3.17. The van der Waals surface area contributed by atoms with Gasteiger partial charge in [0.1, 0.15) is 16.5 Å². The van der Waals surface area contributed by atoms with Gasteiger partial charge in [0.25, 0.3) is 0 Å². The molecule has 5 nitrogen and oxygen atoms in total. The molecule has 0 spiro atoms. The van der Waals surface area contributed by atoms with Crippen LogP contribution in [0.1, 0.15) is 17.3 Å². The van der Waals surface area contributed by atoms with Crippen molar-refractivity contribution >= 4 is 28.9 Å². The lowest BCUT2D eigenvalue weighted by atomic mass is 10.2. The van der Waals surface area contributed by atoms with E-state index in [1.807, 2.05) is 36.2 Å². The Bertz CT molecular complexity index is 659. The number of pyridine rings is 1. The standard InChI is InChI=1S/C16H17ClN2O3/c1-4-22-16(20)13-10-18-15(17)9-14(13)19(2)11-5-7-12(21-3)8-6-11/h5-10H,4H2,1-3H3. The van der Waals surface area contributed by atoms with Crippen LogP contribution >= 0.6 is 11.6 Å². The summed E-state index contributed by atoms with van der Waals surface area (Å²) >= 11 is 5.97. The summed E-state index contributed by atoms with van der Waals surface area (Å²) in [6.45, 7) is 2.06. The predicted octanol–water partition coefficient (Wildman–Crippen LogP) is 3.69. The van der Waals surface area contributed by atoms with Crippen molar-refractivity contribution in [2.75, 3.05) is 25.7 Å². The highest BCUT2D eigenvalue weighted by atomic mass is 35.5. The monoisotopic (exact) mass is 320 g/mol. The van der Waals surface area contributed by atoms with Gasteiger partial charge in [-0.3, -0.25) is 0 Å². The number of esters is 1. The van der Waals surface area contributed by atoms with E-state index in [2.05, 4.69) is 4.98 Å². The number of carbonyl (C=O) groups excluding carboxylic acids is 1. The molecule has 0 saturated heterocycles. The van der Waals surface area contributed by atoms with Gasteiger partial charge in [-0.05, 0) is 31.2 Å². The molecule has 0 bridgehead atoms. The largest absolute Gasteiger partial charge is 0.497 e. The normalized spacial score (nSPS) is 10.2. The molecule has 0 N–H and O–H groups in total. The Morgan fingerprint density at radius 3 is 2.59 bits per heavy atom. The minimum Gasteiger partial charge on any atom is -0.497 e. The second-order valence-corrected chi connectivity index (χ2v) is 4.89. The summed E-state index contributed by atoms with van der Waals surface area (Å²) in [5.41, 5.74) is 1.88. The first-order chi connectivity index (χ1) is 10.6. The molecule has 2 aromatic rings. The Balaban J connectivity index is 2.40. The third kappa shape index (κ3) is 3.49. The van der Waals surface area contributed by atoms with Gasteiger partial charge in [-0.1, -0.05) is 11.6 Å². The fourth-order valence-corrected chi connectivity index (χ4v) is 2.16. The Hall–Kier alpha value is -2.27. The summed E-state index contributed by atoms with van der Waals surface area (Å²) in [4.78, 5) is 17.9. The Morgan fingerprint density at radius 2 is 2.00 bits per heavy atom. The Labute approximate surface area is 134 Å². The molecular formula is C16H17ClN2O3. The zero-order valence-corrected chi connectivity index (χ0v) is 13.4. The van der Waals surface area contributed by atoms with Crippen molar-refractivity contribution < 1.29 is 14.3 Å². The summed E-state index contributed by atoms with van der Waals surface area (Å²) in [5.74, 6) is 0.331. The highest BCUT2D eigenvalue weighted by Crippen LogP contribution is 2.30. The van der Waals surface area contributed by atoms with Gasteiger partial charge < -0.3 is 14.4 Å². The average molecular weight is 321 g/mol. The van der Waals surface area contributed by atoms with Crippen LogP contribution in [0.15, 0.2) is 36.5 Å². The lowest BCUT2D eigenvalue weighted by Crippen LogP contribution is -2.16. The van der Waals surface area contributed by atoms with Gasteiger partial charge in [-0.25, -0.2) is 9.78 Å². The number of methoxy groups -OCH3 is 1. The minimum atomic E-state index is -0.429. The van der Waals surface area contributed by atoms with Crippen LogP contribution in [0.5, 0.6) is 5.75 Å². The van der Waals surface area contributed by atoms with Gasteiger partial charge in [0.05, 0.1) is 19.4 Å². The van der Waals surface area contributed by atoms with Crippen molar-refractivity contribution in [3.05, 3.63) is 47.2 Å². The van der Waals surface area contributed by atoms with E-state index in [1.165, 1.54) is 6.20 Å². The lowest BCUT2D eigenvalue weighted by molar-refractivity contribution is 0.0527. The van der Waals surface area contributed by atoms with E-state index in [0.717, 1.165) is 11.4 Å². The number of aromatic nitrogens is 1. The summed E-state index contributed by atoms with van der Waals surface area (Å²) in [6, 6.07) is 9.11. The van der Waals surface area contributed by atoms with Crippen molar-refractivity contribution in [2.24, 2.45) is 0 Å². The van der Waals surface area contributed by atoms with E-state index < -0.39 is 5.97 Å². The van der Waals surface area contributed by atoms with Crippen molar-refractivity contribution in [1.82, 2.24) is 4.98 Å². The number of anilines is 2. The number of nitrogens with zero attached hydrogens (tertiary/aromatic N) is 2. The predicted molar refractivity (Wildman–Crippen MR) is 86.3 cm³/mol. The number of benzene rings is 1. The molecule has 0 aliphatic carbocycles. The van der Waals surface area contributed by atoms with Crippen LogP contribution in [0, 0.1) is 0 Å². The maximum atomic E-state index is 12.1. The Morgan fingerprint density at radius 1 is 1.32 bits per heavy atom. The van der Waals surface area contributed by atoms with Crippen LogP contribution in [-0.4, -0.2) is 31.7 Å². The number of hydrogen-bond acceptors (Lipinski definition) is 5. The molecule has 0 aliphatic rings. The fourth-order valence-electron chi connectivity index (χ4n) is 2.01. The minimum absolute atomic E-state index is 0.299. The quantitative estimate of drug-likeness (QED) is 0.621. The molecule has 1 aromatic carbocycles. The SMILES string of the molecule is CCOC(=O)c1cnc(Cl)cc1N(C)c1ccc(OC)cc1. The number of halogens is 1. The average Bonchev–Trinajstić information content (AvgIpc) is 2.54. The molecular weight excluding hydrogens is 304 g/mol. The highest BCUT2D eigenvalue weighted by molar-refractivity contribution is 6.29. The van der Waals surface area contributed by atoms with E-state index >= 15 is 0 Å². The van der Waals surface area contributed by atoms with Gasteiger partial charge in [0.2, 0.25) is 0 Å². The van der Waals surface area contributed by atoms with Crippen molar-refractivity contribution in [1.29, 1.82) is 0 Å². The first kappa shape index (κ1) is 16.1. The number of rotatable bonds is 5. The van der Waals surface area contributed by atoms with Crippen molar-refractivity contribution in [3.8, 4) is 5.75 Å². The number of carbonyl (C=O) groups is 1. The zero-order valence-electron chi connectivity index (χ0n) is 12.7. The maximum Gasteiger partial charge on any atom is 0.341 e. The van der Waals surface area contributed by atoms with Crippen molar-refractivity contribution in [3.63, 3.8) is 0 Å². The van der Waals surface area contributed by atoms with Gasteiger partial charge in [-0.2, -0.15) is 0 Å². The molecule has 0 amide bonds. The Kier molecular flexibility index (Phi) is 5.22. The maximum absolute atomic E-state index is 12.1. The number of hydrogen-bond donors (Lipinski definition) is 0. The molecule has 22 heavy (non-hydrogen) atoms. The van der Waals surface area contributed by atoms with E-state index in [1.54, 1.807) is 20.1 Å². The summed E-state index contributed by atoms with van der Waals surface area (Å²) < 4.78 is 10.2. The van der Waals surface area contributed by atoms with Crippen molar-refractivity contribution in [2.45, 2.75) is 6.92 Å². The van der Waals surface area contributed by atoms with Crippen LogP contribution in [0.2, 0.25) is 5.15 Å². The van der Waals surface area contributed by atoms with E-state index in [0.29, 0.717) is 23.0 Å². The second kappa shape index (κ2) is 7.13. The van der Waals surface area contributed by atoms with Gasteiger partial charge >= 0.3 is 5.97 Å². The topological polar surface area (TPSA) is 51.7 Å². The molecule has 0 atom stereocenters. The second-order valence-electron chi connectivity index (χ2n) is 4.50. The molecule has 116 valence electrons. The summed E-state index contributed by atoms with van der Waals surface area (Å²) in [5, 5.41) is 0.309. The third-order valence-corrected chi connectivity index (χ3v) is 3.37. The zero-order chi connectivity index (χ0) is 16.1. The van der Waals surface area contributed by atoms with Crippen LogP contribution in [0.4, 0.5) is 11.4 Å². The fraction of sp³-hybridized carbons (Fsp3) is 0.250. The molecule has 1 heterocycles. The first-order valence-electron chi connectivity index (χ1n) is 6.77. The number of ether oxygens (including phenoxy) is 2. The van der Waals surface area contributed by atoms with E-state index in [4.69, 9.17) is 21.1 Å². The smallest absolute Gasteiger partial charge is 0.341 e.